The molecular weight excluding hydrogens is 230 g/mol. The Morgan fingerprint density at radius 2 is 2.11 bits per heavy atom. The summed E-state index contributed by atoms with van der Waals surface area (Å²) in [4.78, 5) is 14.1. The fourth-order valence-corrected chi connectivity index (χ4v) is 3.29. The predicted octanol–water partition coefficient (Wildman–Crippen LogP) is 1.56. The van der Waals surface area contributed by atoms with Gasteiger partial charge in [0, 0.05) is 18.5 Å². The molecule has 104 valence electrons. The number of hydrogen-bond acceptors (Lipinski definition) is 3. The second-order valence-corrected chi connectivity index (χ2v) is 5.82. The van der Waals surface area contributed by atoms with E-state index in [1.165, 1.54) is 0 Å². The van der Waals surface area contributed by atoms with Crippen LogP contribution in [0.25, 0.3) is 0 Å². The molecule has 1 aliphatic heterocycles. The van der Waals surface area contributed by atoms with Crippen LogP contribution in [0.15, 0.2) is 0 Å². The molecule has 1 amide bonds. The van der Waals surface area contributed by atoms with Gasteiger partial charge in [0.25, 0.3) is 0 Å². The molecule has 0 spiro atoms. The van der Waals surface area contributed by atoms with Gasteiger partial charge in [-0.05, 0) is 39.5 Å². The zero-order valence-electron chi connectivity index (χ0n) is 11.5. The largest absolute Gasteiger partial charge is 0.393 e. The highest BCUT2D eigenvalue weighted by Gasteiger charge is 2.39. The Hall–Kier alpha value is -0.610. The van der Waals surface area contributed by atoms with Crippen molar-refractivity contribution in [1.82, 2.24) is 4.90 Å². The number of ether oxygens (including phenoxy) is 1. The Balaban J connectivity index is 1.92. The molecule has 3 unspecified atom stereocenters. The standard InChI is InChI=1S/C14H25NO3/c1-10(2)18-9-14(17)15-8-4-6-12(15)11-5-3-7-13(11)16/h10-13,16H,3-9H2,1-2H3. The highest BCUT2D eigenvalue weighted by molar-refractivity contribution is 5.78. The molecule has 2 rings (SSSR count). The van der Waals surface area contributed by atoms with Crippen molar-refractivity contribution < 1.29 is 14.6 Å². The van der Waals surface area contributed by atoms with E-state index in [1.54, 1.807) is 0 Å². The van der Waals surface area contributed by atoms with Gasteiger partial charge in [0.2, 0.25) is 5.91 Å². The van der Waals surface area contributed by atoms with Crippen molar-refractivity contribution in [2.45, 2.75) is 64.2 Å². The summed E-state index contributed by atoms with van der Waals surface area (Å²) in [5, 5.41) is 10.00. The summed E-state index contributed by atoms with van der Waals surface area (Å²) in [5.41, 5.74) is 0. The summed E-state index contributed by atoms with van der Waals surface area (Å²) in [6, 6.07) is 0.241. The van der Waals surface area contributed by atoms with Gasteiger partial charge < -0.3 is 14.7 Å². The van der Waals surface area contributed by atoms with Crippen LogP contribution in [0.2, 0.25) is 0 Å². The Bertz CT molecular complexity index is 293. The van der Waals surface area contributed by atoms with Crippen LogP contribution in [-0.4, -0.2) is 47.3 Å². The van der Waals surface area contributed by atoms with E-state index < -0.39 is 0 Å². The highest BCUT2D eigenvalue weighted by Crippen LogP contribution is 2.35. The lowest BCUT2D eigenvalue weighted by Gasteiger charge is -2.31. The van der Waals surface area contributed by atoms with Crippen LogP contribution in [-0.2, 0) is 9.53 Å². The monoisotopic (exact) mass is 255 g/mol. The maximum absolute atomic E-state index is 12.1. The van der Waals surface area contributed by atoms with Gasteiger partial charge in [0.05, 0.1) is 12.2 Å². The molecule has 0 aromatic rings. The first-order valence-electron chi connectivity index (χ1n) is 7.18. The number of rotatable bonds is 4. The minimum Gasteiger partial charge on any atom is -0.393 e. The first kappa shape index (κ1) is 13.8. The summed E-state index contributed by atoms with van der Waals surface area (Å²) < 4.78 is 5.40. The molecule has 1 saturated heterocycles. The van der Waals surface area contributed by atoms with Crippen molar-refractivity contribution in [3.8, 4) is 0 Å². The minimum atomic E-state index is -0.214. The molecule has 2 fully saturated rings. The van der Waals surface area contributed by atoms with E-state index in [1.807, 2.05) is 18.7 Å². The number of hydrogen-bond donors (Lipinski definition) is 1. The minimum absolute atomic E-state index is 0.0882. The van der Waals surface area contributed by atoms with Gasteiger partial charge in [-0.1, -0.05) is 6.42 Å². The van der Waals surface area contributed by atoms with E-state index in [9.17, 15) is 9.90 Å². The molecule has 0 aromatic carbocycles. The van der Waals surface area contributed by atoms with Crippen LogP contribution < -0.4 is 0 Å². The summed E-state index contributed by atoms with van der Waals surface area (Å²) >= 11 is 0. The normalized spacial score (nSPS) is 32.4. The quantitative estimate of drug-likeness (QED) is 0.829. The van der Waals surface area contributed by atoms with Crippen molar-refractivity contribution >= 4 is 5.91 Å². The third-order valence-corrected chi connectivity index (χ3v) is 4.19. The van der Waals surface area contributed by atoms with Gasteiger partial charge in [-0.3, -0.25) is 4.79 Å². The number of carbonyl (C=O) groups is 1. The van der Waals surface area contributed by atoms with E-state index in [2.05, 4.69) is 0 Å². The average Bonchev–Trinajstić information content (AvgIpc) is 2.93. The van der Waals surface area contributed by atoms with Crippen LogP contribution >= 0.6 is 0 Å². The van der Waals surface area contributed by atoms with Gasteiger partial charge in [-0.2, -0.15) is 0 Å². The van der Waals surface area contributed by atoms with Crippen molar-refractivity contribution in [2.75, 3.05) is 13.2 Å². The van der Waals surface area contributed by atoms with E-state index >= 15 is 0 Å². The Labute approximate surface area is 109 Å². The number of nitrogens with zero attached hydrogens (tertiary/aromatic N) is 1. The Kier molecular flexibility index (Phi) is 4.62. The molecular formula is C14H25NO3. The van der Waals surface area contributed by atoms with Crippen molar-refractivity contribution in [1.29, 1.82) is 0 Å². The molecule has 2 aliphatic rings. The van der Waals surface area contributed by atoms with E-state index in [0.29, 0.717) is 0 Å². The first-order valence-corrected chi connectivity index (χ1v) is 7.18. The number of likely N-dealkylation sites (tertiary alicyclic amines) is 1. The van der Waals surface area contributed by atoms with Gasteiger partial charge >= 0.3 is 0 Å². The average molecular weight is 255 g/mol. The van der Waals surface area contributed by atoms with E-state index in [-0.39, 0.29) is 36.7 Å². The predicted molar refractivity (Wildman–Crippen MR) is 69.2 cm³/mol. The van der Waals surface area contributed by atoms with E-state index in [4.69, 9.17) is 4.74 Å². The molecule has 1 heterocycles. The number of amides is 1. The van der Waals surface area contributed by atoms with Crippen molar-refractivity contribution in [3.05, 3.63) is 0 Å². The summed E-state index contributed by atoms with van der Waals surface area (Å²) in [6.45, 7) is 4.89. The SMILES string of the molecule is CC(C)OCC(=O)N1CCCC1C1CCCC1O. The van der Waals surface area contributed by atoms with E-state index in [0.717, 1.165) is 38.6 Å². The van der Waals surface area contributed by atoms with Gasteiger partial charge in [0.1, 0.15) is 6.61 Å². The molecule has 1 N–H and O–H groups in total. The third kappa shape index (κ3) is 3.04. The van der Waals surface area contributed by atoms with Crippen LogP contribution in [0.4, 0.5) is 0 Å². The van der Waals surface area contributed by atoms with Gasteiger partial charge in [0.15, 0.2) is 0 Å². The zero-order chi connectivity index (χ0) is 13.1. The smallest absolute Gasteiger partial charge is 0.248 e. The van der Waals surface area contributed by atoms with Crippen molar-refractivity contribution in [3.63, 3.8) is 0 Å². The molecule has 4 heteroatoms. The Morgan fingerprint density at radius 1 is 1.33 bits per heavy atom. The lowest BCUT2D eigenvalue weighted by molar-refractivity contribution is -0.139. The maximum atomic E-state index is 12.1. The summed E-state index contributed by atoms with van der Waals surface area (Å²) in [7, 11) is 0. The van der Waals surface area contributed by atoms with Crippen molar-refractivity contribution in [2.24, 2.45) is 5.92 Å². The first-order chi connectivity index (χ1) is 8.59. The molecule has 3 atom stereocenters. The summed E-state index contributed by atoms with van der Waals surface area (Å²) in [6.07, 6.45) is 5.01. The molecule has 18 heavy (non-hydrogen) atoms. The van der Waals surface area contributed by atoms with Crippen LogP contribution in [0.3, 0.4) is 0 Å². The molecule has 0 bridgehead atoms. The van der Waals surface area contributed by atoms with Crippen LogP contribution in [0.5, 0.6) is 0 Å². The van der Waals surface area contributed by atoms with Gasteiger partial charge in [-0.25, -0.2) is 0 Å². The topological polar surface area (TPSA) is 49.8 Å². The summed E-state index contributed by atoms with van der Waals surface area (Å²) in [5.74, 6) is 0.376. The third-order valence-electron chi connectivity index (χ3n) is 4.19. The number of carbonyl (C=O) groups excluding carboxylic acids is 1. The zero-order valence-corrected chi connectivity index (χ0v) is 11.5. The molecule has 1 saturated carbocycles. The lowest BCUT2D eigenvalue weighted by atomic mass is 9.94. The van der Waals surface area contributed by atoms with Crippen LogP contribution in [0.1, 0.15) is 46.0 Å². The molecule has 0 radical (unpaired) electrons. The molecule has 4 nitrogen and oxygen atoms in total. The van der Waals surface area contributed by atoms with Gasteiger partial charge in [-0.15, -0.1) is 0 Å². The fourth-order valence-electron chi connectivity index (χ4n) is 3.29. The number of aliphatic hydroxyl groups excluding tert-OH is 1. The molecule has 1 aliphatic carbocycles. The highest BCUT2D eigenvalue weighted by atomic mass is 16.5. The Morgan fingerprint density at radius 3 is 2.72 bits per heavy atom. The lowest BCUT2D eigenvalue weighted by Crippen LogP contribution is -2.44. The molecule has 0 aromatic heterocycles. The second-order valence-electron chi connectivity index (χ2n) is 5.82. The second kappa shape index (κ2) is 6.02. The fraction of sp³-hybridized carbons (Fsp3) is 0.929. The maximum Gasteiger partial charge on any atom is 0.248 e. The van der Waals surface area contributed by atoms with Crippen LogP contribution in [0, 0.1) is 5.92 Å². The number of aliphatic hydroxyl groups is 1.